The first-order chi connectivity index (χ1) is 29.0. The van der Waals surface area contributed by atoms with E-state index in [2.05, 4.69) is 178 Å². The second-order valence-electron chi connectivity index (χ2n) is 16.0. The van der Waals surface area contributed by atoms with Gasteiger partial charge in [0, 0.05) is 53.1 Å². The maximum atomic E-state index is 6.56. The predicted molar refractivity (Wildman–Crippen MR) is 245 cm³/mol. The number of rotatable bonds is 5. The topological polar surface area (TPSA) is 51.8 Å². The third-order valence-corrected chi connectivity index (χ3v) is 13.3. The van der Waals surface area contributed by atoms with Gasteiger partial charge in [-0.2, -0.15) is 0 Å². The lowest BCUT2D eigenvalue weighted by atomic mass is 9.82. The molecule has 0 amide bonds. The minimum absolute atomic E-state index is 0.0454. The number of fused-ring (bicyclic) bond motifs is 9. The van der Waals surface area contributed by atoms with Crippen molar-refractivity contribution in [3.8, 4) is 67.5 Å². The molecule has 4 nitrogen and oxygen atoms in total. The molecule has 0 atom stereocenters. The first-order valence-corrected chi connectivity index (χ1v) is 20.8. The van der Waals surface area contributed by atoms with Crippen LogP contribution in [0.5, 0.6) is 0 Å². The van der Waals surface area contributed by atoms with Crippen LogP contribution in [0.4, 0.5) is 0 Å². The van der Waals surface area contributed by atoms with Crippen molar-refractivity contribution in [1.29, 1.82) is 0 Å². The molecule has 0 saturated carbocycles. The number of nitrogens with zero attached hydrogens (tertiary/aromatic N) is 3. The molecule has 0 radical (unpaired) electrons. The maximum absolute atomic E-state index is 6.56. The van der Waals surface area contributed by atoms with E-state index in [1.807, 2.05) is 12.1 Å². The van der Waals surface area contributed by atoms with E-state index in [0.29, 0.717) is 17.5 Å². The van der Waals surface area contributed by atoms with Crippen LogP contribution < -0.4 is 0 Å². The van der Waals surface area contributed by atoms with Crippen molar-refractivity contribution in [2.45, 2.75) is 19.3 Å². The summed E-state index contributed by atoms with van der Waals surface area (Å²) in [5, 5.41) is 4.52. The van der Waals surface area contributed by atoms with E-state index in [9.17, 15) is 0 Å². The smallest absolute Gasteiger partial charge is 0.164 e. The van der Waals surface area contributed by atoms with Gasteiger partial charge in [-0.3, -0.25) is 0 Å². The second-order valence-corrected chi connectivity index (χ2v) is 17.0. The van der Waals surface area contributed by atoms with Crippen molar-refractivity contribution in [2.24, 2.45) is 0 Å². The number of hydrogen-bond acceptors (Lipinski definition) is 5. The lowest BCUT2D eigenvalue weighted by Crippen LogP contribution is -2.14. The Labute approximate surface area is 345 Å². The van der Waals surface area contributed by atoms with Gasteiger partial charge in [0.15, 0.2) is 17.5 Å². The van der Waals surface area contributed by atoms with E-state index in [0.717, 1.165) is 66.3 Å². The highest BCUT2D eigenvalue weighted by molar-refractivity contribution is 7.25. The molecule has 12 rings (SSSR count). The summed E-state index contributed by atoms with van der Waals surface area (Å²) in [5.74, 6) is 1.85. The molecule has 0 unspecified atom stereocenters. The van der Waals surface area contributed by atoms with Gasteiger partial charge in [0.1, 0.15) is 11.2 Å². The third-order valence-electron chi connectivity index (χ3n) is 12.2. The number of furan rings is 1. The zero-order valence-electron chi connectivity index (χ0n) is 32.4. The van der Waals surface area contributed by atoms with Gasteiger partial charge < -0.3 is 4.42 Å². The molecule has 8 aromatic carbocycles. The molecule has 59 heavy (non-hydrogen) atoms. The number of thiophene rings is 1. The Morgan fingerprint density at radius 1 is 0.390 bits per heavy atom. The minimum atomic E-state index is -0.0454. The van der Waals surface area contributed by atoms with Gasteiger partial charge >= 0.3 is 0 Å². The van der Waals surface area contributed by atoms with E-state index in [4.69, 9.17) is 19.4 Å². The summed E-state index contributed by atoms with van der Waals surface area (Å²) >= 11 is 1.79. The monoisotopic (exact) mass is 773 g/mol. The van der Waals surface area contributed by atoms with Crippen molar-refractivity contribution < 1.29 is 4.42 Å². The van der Waals surface area contributed by atoms with Gasteiger partial charge in [-0.15, -0.1) is 11.3 Å². The summed E-state index contributed by atoms with van der Waals surface area (Å²) < 4.78 is 9.00. The van der Waals surface area contributed by atoms with Gasteiger partial charge in [-0.05, 0) is 87.0 Å². The molecule has 3 aromatic heterocycles. The average Bonchev–Trinajstić information content (AvgIpc) is 3.94. The van der Waals surface area contributed by atoms with Crippen LogP contribution in [0.15, 0.2) is 180 Å². The van der Waals surface area contributed by atoms with Crippen LogP contribution in [0.1, 0.15) is 25.0 Å². The van der Waals surface area contributed by atoms with Crippen LogP contribution in [-0.4, -0.2) is 15.0 Å². The van der Waals surface area contributed by atoms with Gasteiger partial charge in [-0.25, -0.2) is 15.0 Å². The number of hydrogen-bond donors (Lipinski definition) is 0. The van der Waals surface area contributed by atoms with Gasteiger partial charge in [0.25, 0.3) is 0 Å². The molecule has 3 heterocycles. The lowest BCUT2D eigenvalue weighted by Gasteiger charge is -2.21. The van der Waals surface area contributed by atoms with Crippen molar-refractivity contribution in [3.63, 3.8) is 0 Å². The van der Waals surface area contributed by atoms with Crippen molar-refractivity contribution in [2.75, 3.05) is 0 Å². The van der Waals surface area contributed by atoms with Crippen molar-refractivity contribution in [1.82, 2.24) is 15.0 Å². The summed E-state index contributed by atoms with van der Waals surface area (Å²) in [6.45, 7) is 4.64. The molecular formula is C54H35N3OS. The van der Waals surface area contributed by atoms with Crippen molar-refractivity contribution >= 4 is 53.4 Å². The SMILES string of the molecule is CC1(C)c2ccccc2-c2cc(-c3cccc(-c4nc(-c5ccc6c(c5)oc5cccc(-c7ccccc7)c56)nc(-c5cccc6sc7ccccc7c56)n4)c3)ccc21. The summed E-state index contributed by atoms with van der Waals surface area (Å²) in [7, 11) is 0. The Morgan fingerprint density at radius 2 is 1.02 bits per heavy atom. The van der Waals surface area contributed by atoms with Crippen LogP contribution in [0.25, 0.3) is 110 Å². The van der Waals surface area contributed by atoms with Crippen LogP contribution in [0.2, 0.25) is 0 Å². The Kier molecular flexibility index (Phi) is 7.41. The lowest BCUT2D eigenvalue weighted by molar-refractivity contribution is 0.660. The normalized spacial score (nSPS) is 13.1. The fourth-order valence-electron chi connectivity index (χ4n) is 9.28. The fourth-order valence-corrected chi connectivity index (χ4v) is 10.4. The molecule has 11 aromatic rings. The Hall–Kier alpha value is -7.21. The molecule has 0 bridgehead atoms. The second kappa shape index (κ2) is 12.9. The maximum Gasteiger partial charge on any atom is 0.164 e. The molecule has 278 valence electrons. The standard InChI is InChI=1S/C54H35N3OS/c1-54(2)43-21-8-6-17-38(43)42-30-34(26-28-44(42)54)33-15-10-16-35(29-33)51-55-52(57-53(56-51)41-20-12-24-48-50(41)40-18-7-9-23-47(40)59-48)36-25-27-39-46(31-36)58-45-22-11-19-37(49(39)45)32-13-4-3-5-14-32/h3-31H,1-2H3. The summed E-state index contributed by atoms with van der Waals surface area (Å²) in [6, 6.07) is 62.4. The molecule has 1 aliphatic rings. The summed E-state index contributed by atoms with van der Waals surface area (Å²) in [5.41, 5.74) is 14.3. The van der Waals surface area contributed by atoms with Gasteiger partial charge in [-0.1, -0.05) is 147 Å². The fraction of sp³-hybridized carbons (Fsp3) is 0.0556. The molecular weight excluding hydrogens is 739 g/mol. The van der Waals surface area contributed by atoms with Gasteiger partial charge in [0.2, 0.25) is 0 Å². The molecule has 0 spiro atoms. The Morgan fingerprint density at radius 3 is 1.92 bits per heavy atom. The minimum Gasteiger partial charge on any atom is -0.456 e. The van der Waals surface area contributed by atoms with Crippen LogP contribution >= 0.6 is 11.3 Å². The molecule has 1 aliphatic carbocycles. The third kappa shape index (κ3) is 5.32. The highest BCUT2D eigenvalue weighted by Gasteiger charge is 2.35. The zero-order valence-corrected chi connectivity index (χ0v) is 33.2. The average molecular weight is 774 g/mol. The molecule has 5 heteroatoms. The number of benzene rings is 8. The van der Waals surface area contributed by atoms with Crippen LogP contribution in [0.3, 0.4) is 0 Å². The highest BCUT2D eigenvalue weighted by Crippen LogP contribution is 2.50. The summed E-state index contributed by atoms with van der Waals surface area (Å²) in [4.78, 5) is 15.8. The molecule has 0 aliphatic heterocycles. The van der Waals surface area contributed by atoms with E-state index in [1.165, 1.54) is 37.0 Å². The largest absolute Gasteiger partial charge is 0.456 e. The first-order valence-electron chi connectivity index (χ1n) is 20.0. The highest BCUT2D eigenvalue weighted by atomic mass is 32.1. The van der Waals surface area contributed by atoms with Crippen LogP contribution in [-0.2, 0) is 5.41 Å². The Bertz CT molecular complexity index is 3490. The quantitative estimate of drug-likeness (QED) is 0.175. The Balaban J connectivity index is 1.03. The predicted octanol–water partition coefficient (Wildman–Crippen LogP) is 14.8. The number of aromatic nitrogens is 3. The molecule has 0 saturated heterocycles. The van der Waals surface area contributed by atoms with Crippen molar-refractivity contribution in [3.05, 3.63) is 187 Å². The zero-order chi connectivity index (χ0) is 39.2. The first kappa shape index (κ1) is 33.9. The molecule has 0 fully saturated rings. The van der Waals surface area contributed by atoms with Gasteiger partial charge in [0.05, 0.1) is 0 Å². The van der Waals surface area contributed by atoms with E-state index in [1.54, 1.807) is 11.3 Å². The van der Waals surface area contributed by atoms with E-state index < -0.39 is 0 Å². The van der Waals surface area contributed by atoms with Crippen LogP contribution in [0, 0.1) is 0 Å². The summed E-state index contributed by atoms with van der Waals surface area (Å²) in [6.07, 6.45) is 0. The van der Waals surface area contributed by atoms with E-state index in [-0.39, 0.29) is 5.41 Å². The van der Waals surface area contributed by atoms with E-state index >= 15 is 0 Å². The molecule has 0 N–H and O–H groups in total.